The second-order valence-corrected chi connectivity index (χ2v) is 7.65. The third-order valence-corrected chi connectivity index (χ3v) is 5.60. The highest BCUT2D eigenvalue weighted by Gasteiger charge is 2.24. The minimum atomic E-state index is 0.0767. The molecule has 1 N–H and O–H groups in total. The van der Waals surface area contributed by atoms with Crippen LogP contribution in [-0.4, -0.2) is 80.1 Å². The van der Waals surface area contributed by atoms with E-state index >= 15 is 0 Å². The van der Waals surface area contributed by atoms with Crippen LogP contribution in [0.2, 0.25) is 5.02 Å². The lowest BCUT2D eigenvalue weighted by Crippen LogP contribution is -2.49. The highest BCUT2D eigenvalue weighted by atomic mass is 35.5. The molecule has 2 amide bonds. The van der Waals surface area contributed by atoms with Crippen molar-refractivity contribution in [2.24, 2.45) is 0 Å². The number of carbonyl (C=O) groups excluding carboxylic acids is 1. The van der Waals surface area contributed by atoms with Crippen LogP contribution in [0.15, 0.2) is 24.3 Å². The molecule has 2 aliphatic heterocycles. The van der Waals surface area contributed by atoms with Gasteiger partial charge in [-0.3, -0.25) is 4.90 Å². The summed E-state index contributed by atoms with van der Waals surface area (Å²) in [5.74, 6) is 0.411. The van der Waals surface area contributed by atoms with E-state index in [2.05, 4.69) is 34.3 Å². The molecule has 2 fully saturated rings. The monoisotopic (exact) mass is 364 g/mol. The van der Waals surface area contributed by atoms with Gasteiger partial charge in [-0.1, -0.05) is 23.7 Å². The number of benzene rings is 1. The van der Waals surface area contributed by atoms with E-state index in [9.17, 15) is 4.79 Å². The number of likely N-dealkylation sites (tertiary alicyclic amines) is 1. The topological polar surface area (TPSA) is 38.8 Å². The first kappa shape index (κ1) is 18.5. The highest BCUT2D eigenvalue weighted by molar-refractivity contribution is 6.30. The zero-order valence-corrected chi connectivity index (χ0v) is 15.8. The van der Waals surface area contributed by atoms with Crippen molar-refractivity contribution in [3.63, 3.8) is 0 Å². The first-order valence-electron chi connectivity index (χ1n) is 9.31. The van der Waals surface area contributed by atoms with E-state index in [0.717, 1.165) is 70.2 Å². The molecule has 2 aliphatic rings. The van der Waals surface area contributed by atoms with Gasteiger partial charge in [0.05, 0.1) is 0 Å². The van der Waals surface area contributed by atoms with Crippen LogP contribution in [0.1, 0.15) is 24.3 Å². The standard InChI is InChI=1S/C19H29ClN4O/c1-22-11-13-23(14-12-22)10-8-21-19(25)24-9-2-3-17(15-24)16-4-6-18(20)7-5-16/h4-7,17H,2-3,8-15H2,1H3,(H,21,25). The minimum absolute atomic E-state index is 0.0767. The molecule has 25 heavy (non-hydrogen) atoms. The number of piperidine rings is 1. The maximum atomic E-state index is 12.5. The summed E-state index contributed by atoms with van der Waals surface area (Å²) in [5.41, 5.74) is 1.28. The van der Waals surface area contributed by atoms with Gasteiger partial charge in [0.15, 0.2) is 0 Å². The van der Waals surface area contributed by atoms with Crippen LogP contribution in [0.25, 0.3) is 0 Å². The van der Waals surface area contributed by atoms with E-state index in [0.29, 0.717) is 5.92 Å². The molecular formula is C19H29ClN4O. The summed E-state index contributed by atoms with van der Waals surface area (Å²) in [7, 11) is 2.16. The van der Waals surface area contributed by atoms with Gasteiger partial charge >= 0.3 is 6.03 Å². The Morgan fingerprint density at radius 3 is 2.60 bits per heavy atom. The Balaban J connectivity index is 1.43. The molecule has 0 saturated carbocycles. The lowest BCUT2D eigenvalue weighted by Gasteiger charge is -2.34. The quantitative estimate of drug-likeness (QED) is 0.892. The molecular weight excluding hydrogens is 336 g/mol. The minimum Gasteiger partial charge on any atom is -0.337 e. The van der Waals surface area contributed by atoms with Crippen LogP contribution in [-0.2, 0) is 0 Å². The fourth-order valence-corrected chi connectivity index (χ4v) is 3.80. The molecule has 2 saturated heterocycles. The molecule has 0 aromatic heterocycles. The summed E-state index contributed by atoms with van der Waals surface area (Å²) in [6.45, 7) is 7.72. The molecule has 0 radical (unpaired) electrons. The predicted octanol–water partition coefficient (Wildman–Crippen LogP) is 2.48. The van der Waals surface area contributed by atoms with Crippen molar-refractivity contribution in [1.82, 2.24) is 20.0 Å². The van der Waals surface area contributed by atoms with Crippen molar-refractivity contribution in [1.29, 1.82) is 0 Å². The number of nitrogens with one attached hydrogen (secondary N) is 1. The smallest absolute Gasteiger partial charge is 0.317 e. The third-order valence-electron chi connectivity index (χ3n) is 5.35. The molecule has 6 heteroatoms. The summed E-state index contributed by atoms with van der Waals surface area (Å²) >= 11 is 5.98. The molecule has 1 unspecified atom stereocenters. The summed E-state index contributed by atoms with van der Waals surface area (Å²) in [6.07, 6.45) is 2.19. The van der Waals surface area contributed by atoms with E-state index in [1.54, 1.807) is 0 Å². The van der Waals surface area contributed by atoms with Crippen molar-refractivity contribution >= 4 is 17.6 Å². The maximum Gasteiger partial charge on any atom is 0.317 e. The van der Waals surface area contributed by atoms with Crippen LogP contribution in [0, 0.1) is 0 Å². The van der Waals surface area contributed by atoms with Gasteiger partial charge in [-0.25, -0.2) is 4.79 Å². The number of hydrogen-bond acceptors (Lipinski definition) is 3. The second kappa shape index (κ2) is 8.88. The van der Waals surface area contributed by atoms with Crippen molar-refractivity contribution in [3.05, 3.63) is 34.9 Å². The van der Waals surface area contributed by atoms with Crippen LogP contribution in [0.3, 0.4) is 0 Å². The lowest BCUT2D eigenvalue weighted by atomic mass is 9.91. The largest absolute Gasteiger partial charge is 0.337 e. The number of urea groups is 1. The Morgan fingerprint density at radius 1 is 1.16 bits per heavy atom. The molecule has 138 valence electrons. The molecule has 1 aromatic rings. The number of carbonyl (C=O) groups is 1. The Kier molecular flexibility index (Phi) is 6.57. The number of nitrogens with zero attached hydrogens (tertiary/aromatic N) is 3. The Labute approximate surface area is 155 Å². The molecule has 3 rings (SSSR count). The highest BCUT2D eigenvalue weighted by Crippen LogP contribution is 2.27. The maximum absolute atomic E-state index is 12.5. The van der Waals surface area contributed by atoms with Gasteiger partial charge in [0.2, 0.25) is 0 Å². The number of piperazine rings is 1. The number of likely N-dealkylation sites (N-methyl/N-ethyl adjacent to an activating group) is 1. The number of amides is 2. The summed E-state index contributed by atoms with van der Waals surface area (Å²) in [4.78, 5) is 19.2. The van der Waals surface area contributed by atoms with Crippen LogP contribution in [0.4, 0.5) is 4.79 Å². The van der Waals surface area contributed by atoms with Crippen molar-refractivity contribution in [2.75, 3.05) is 59.4 Å². The van der Waals surface area contributed by atoms with Gasteiger partial charge in [-0.2, -0.15) is 0 Å². The van der Waals surface area contributed by atoms with Gasteiger partial charge in [0.25, 0.3) is 0 Å². The third kappa shape index (κ3) is 5.33. The van der Waals surface area contributed by atoms with Gasteiger partial charge in [0, 0.05) is 63.3 Å². The number of rotatable bonds is 4. The van der Waals surface area contributed by atoms with Gasteiger partial charge in [0.1, 0.15) is 0 Å². The van der Waals surface area contributed by atoms with Crippen molar-refractivity contribution in [3.8, 4) is 0 Å². The van der Waals surface area contributed by atoms with E-state index in [-0.39, 0.29) is 6.03 Å². The SMILES string of the molecule is CN1CCN(CCNC(=O)N2CCCC(c3ccc(Cl)cc3)C2)CC1. The molecule has 1 atom stereocenters. The lowest BCUT2D eigenvalue weighted by molar-refractivity contribution is 0.150. The number of hydrogen-bond donors (Lipinski definition) is 1. The molecule has 0 spiro atoms. The van der Waals surface area contributed by atoms with Gasteiger partial charge in [-0.05, 0) is 37.6 Å². The van der Waals surface area contributed by atoms with E-state index < -0.39 is 0 Å². The molecule has 1 aromatic carbocycles. The number of halogens is 1. The van der Waals surface area contributed by atoms with Gasteiger partial charge < -0.3 is 15.1 Å². The van der Waals surface area contributed by atoms with E-state index in [4.69, 9.17) is 11.6 Å². The van der Waals surface area contributed by atoms with Crippen LogP contribution >= 0.6 is 11.6 Å². The molecule has 2 heterocycles. The first-order valence-corrected chi connectivity index (χ1v) is 9.69. The van der Waals surface area contributed by atoms with Crippen LogP contribution < -0.4 is 5.32 Å². The van der Waals surface area contributed by atoms with Crippen molar-refractivity contribution in [2.45, 2.75) is 18.8 Å². The Bertz CT molecular complexity index is 557. The zero-order chi connectivity index (χ0) is 17.6. The average molecular weight is 365 g/mol. The normalized spacial score (nSPS) is 22.8. The average Bonchev–Trinajstić information content (AvgIpc) is 2.64. The predicted molar refractivity (Wildman–Crippen MR) is 102 cm³/mol. The zero-order valence-electron chi connectivity index (χ0n) is 15.1. The van der Waals surface area contributed by atoms with Crippen molar-refractivity contribution < 1.29 is 4.79 Å². The fourth-order valence-electron chi connectivity index (χ4n) is 3.67. The Hall–Kier alpha value is -1.30. The first-order chi connectivity index (χ1) is 12.1. The summed E-state index contributed by atoms with van der Waals surface area (Å²) in [5, 5.41) is 3.86. The summed E-state index contributed by atoms with van der Waals surface area (Å²) < 4.78 is 0. The molecule has 0 bridgehead atoms. The van der Waals surface area contributed by atoms with Gasteiger partial charge in [-0.15, -0.1) is 0 Å². The van der Waals surface area contributed by atoms with E-state index in [1.807, 2.05) is 17.0 Å². The van der Waals surface area contributed by atoms with E-state index in [1.165, 1.54) is 5.56 Å². The second-order valence-electron chi connectivity index (χ2n) is 7.21. The molecule has 5 nitrogen and oxygen atoms in total. The fraction of sp³-hybridized carbons (Fsp3) is 0.632. The summed E-state index contributed by atoms with van der Waals surface area (Å²) in [6, 6.07) is 8.12. The molecule has 0 aliphatic carbocycles. The van der Waals surface area contributed by atoms with Crippen LogP contribution in [0.5, 0.6) is 0 Å². The Morgan fingerprint density at radius 2 is 1.88 bits per heavy atom.